The Balaban J connectivity index is 1.84. The summed E-state index contributed by atoms with van der Waals surface area (Å²) in [6.07, 6.45) is 4.38. The fourth-order valence-electron chi connectivity index (χ4n) is 2.95. The molecule has 3 heterocycles. The molecule has 1 amide bonds. The van der Waals surface area contributed by atoms with Gasteiger partial charge in [0.15, 0.2) is 5.82 Å². The van der Waals surface area contributed by atoms with Crippen molar-refractivity contribution in [2.45, 2.75) is 20.8 Å². The lowest BCUT2D eigenvalue weighted by Gasteiger charge is -2.19. The molecular weight excluding hydrogens is 423 g/mol. The second-order valence-electron chi connectivity index (χ2n) is 7.80. The number of halogens is 2. The van der Waals surface area contributed by atoms with Gasteiger partial charge in [-0.1, -0.05) is 39.0 Å². The molecule has 0 saturated heterocycles. The van der Waals surface area contributed by atoms with E-state index < -0.39 is 11.2 Å². The van der Waals surface area contributed by atoms with Gasteiger partial charge < -0.3 is 5.32 Å². The number of carbonyl (C=O) groups is 1. The van der Waals surface area contributed by atoms with E-state index in [1.807, 2.05) is 51.1 Å². The van der Waals surface area contributed by atoms with Crippen LogP contribution in [0.3, 0.4) is 0 Å². The largest absolute Gasteiger partial charge is 0.324 e. The Morgan fingerprint density at radius 3 is 2.73 bits per heavy atom. The van der Waals surface area contributed by atoms with E-state index in [1.165, 1.54) is 11.3 Å². The molecule has 0 spiro atoms. The third-order valence-electron chi connectivity index (χ3n) is 4.53. The summed E-state index contributed by atoms with van der Waals surface area (Å²) in [6.45, 7) is 5.56. The number of pyridine rings is 1. The topological polar surface area (TPSA) is 67.8 Å². The lowest BCUT2D eigenvalue weighted by atomic mass is 9.95. The predicted octanol–water partition coefficient (Wildman–Crippen LogP) is 6.20. The maximum atomic E-state index is 14.3. The van der Waals surface area contributed by atoms with Gasteiger partial charge in [-0.05, 0) is 29.1 Å². The molecule has 1 aromatic carbocycles. The van der Waals surface area contributed by atoms with Crippen molar-refractivity contribution < 1.29 is 9.18 Å². The molecular formula is C22H18ClFN4OS. The number of carbonyl (C=O) groups excluding carboxylic acids is 1. The average molecular weight is 441 g/mol. The molecule has 0 saturated carbocycles. The Labute approximate surface area is 182 Å². The van der Waals surface area contributed by atoms with E-state index in [0.717, 1.165) is 27.4 Å². The number of amides is 1. The zero-order chi connectivity index (χ0) is 21.5. The Hall–Kier alpha value is -2.90. The van der Waals surface area contributed by atoms with Gasteiger partial charge in [0.25, 0.3) is 0 Å². The van der Waals surface area contributed by atoms with Crippen LogP contribution in [0.1, 0.15) is 20.8 Å². The monoisotopic (exact) mass is 440 g/mol. The van der Waals surface area contributed by atoms with Crippen LogP contribution in [0.2, 0.25) is 5.28 Å². The zero-order valence-corrected chi connectivity index (χ0v) is 18.1. The van der Waals surface area contributed by atoms with Crippen LogP contribution in [-0.2, 0) is 4.79 Å². The van der Waals surface area contributed by atoms with Crippen LogP contribution in [0.5, 0.6) is 0 Å². The fraction of sp³-hybridized carbons (Fsp3) is 0.182. The first-order valence-electron chi connectivity index (χ1n) is 9.21. The van der Waals surface area contributed by atoms with E-state index in [4.69, 9.17) is 11.6 Å². The van der Waals surface area contributed by atoms with Crippen molar-refractivity contribution in [1.82, 2.24) is 15.0 Å². The van der Waals surface area contributed by atoms with Gasteiger partial charge >= 0.3 is 0 Å². The Morgan fingerprint density at radius 2 is 1.97 bits per heavy atom. The average Bonchev–Trinajstić information content (AvgIpc) is 3.13. The molecule has 3 aromatic heterocycles. The number of hydrogen-bond donors (Lipinski definition) is 1. The number of thiophene rings is 1. The standard InChI is InChI=1S/C22H18ClFN4OS/c1-22(2,3)20(29)27-16-11-25-8-7-13(16)14-6-4-5-12-9-17(30-19(12)14)18-15(24)10-26-21(23)28-18/h4-11H,1-3H3,(H,27,29). The second-order valence-corrected chi connectivity index (χ2v) is 9.19. The fourth-order valence-corrected chi connectivity index (χ4v) is 4.26. The van der Waals surface area contributed by atoms with Gasteiger partial charge in [0.05, 0.1) is 23.0 Å². The maximum absolute atomic E-state index is 14.3. The first-order valence-corrected chi connectivity index (χ1v) is 10.4. The minimum Gasteiger partial charge on any atom is -0.324 e. The first-order chi connectivity index (χ1) is 14.2. The number of rotatable bonds is 3. The highest BCUT2D eigenvalue weighted by Crippen LogP contribution is 2.41. The third kappa shape index (κ3) is 3.91. The first kappa shape index (κ1) is 20.4. The third-order valence-corrected chi connectivity index (χ3v) is 5.91. The molecule has 4 aromatic rings. The smallest absolute Gasteiger partial charge is 0.229 e. The highest BCUT2D eigenvalue weighted by Gasteiger charge is 2.23. The predicted molar refractivity (Wildman–Crippen MR) is 119 cm³/mol. The van der Waals surface area contributed by atoms with Crippen molar-refractivity contribution in [3.05, 3.63) is 60.0 Å². The van der Waals surface area contributed by atoms with E-state index in [9.17, 15) is 9.18 Å². The molecule has 4 rings (SSSR count). The lowest BCUT2D eigenvalue weighted by Crippen LogP contribution is -2.27. The molecule has 0 radical (unpaired) electrons. The quantitative estimate of drug-likeness (QED) is 0.385. The number of hydrogen-bond acceptors (Lipinski definition) is 5. The highest BCUT2D eigenvalue weighted by atomic mass is 35.5. The molecule has 5 nitrogen and oxygen atoms in total. The summed E-state index contributed by atoms with van der Waals surface area (Å²) in [5, 5.41) is 3.90. The molecule has 0 aliphatic carbocycles. The van der Waals surface area contributed by atoms with Crippen LogP contribution < -0.4 is 5.32 Å². The molecule has 0 fully saturated rings. The molecule has 8 heteroatoms. The Bertz CT molecular complexity index is 1270. The number of anilines is 1. The van der Waals surface area contributed by atoms with Gasteiger partial charge in [-0.25, -0.2) is 14.4 Å². The molecule has 0 bridgehead atoms. The summed E-state index contributed by atoms with van der Waals surface area (Å²) in [7, 11) is 0. The molecule has 152 valence electrons. The Kier molecular flexibility index (Phi) is 5.26. The summed E-state index contributed by atoms with van der Waals surface area (Å²) >= 11 is 7.27. The van der Waals surface area contributed by atoms with Crippen LogP contribution >= 0.6 is 22.9 Å². The number of benzene rings is 1. The molecule has 0 unspecified atom stereocenters. The van der Waals surface area contributed by atoms with Crippen LogP contribution in [0.25, 0.3) is 31.8 Å². The van der Waals surface area contributed by atoms with Gasteiger partial charge in [-0.2, -0.15) is 0 Å². The van der Waals surface area contributed by atoms with Crippen molar-refractivity contribution in [3.63, 3.8) is 0 Å². The van der Waals surface area contributed by atoms with Gasteiger partial charge in [0, 0.05) is 27.4 Å². The van der Waals surface area contributed by atoms with Gasteiger partial charge in [-0.15, -0.1) is 11.3 Å². The van der Waals surface area contributed by atoms with Crippen LogP contribution in [-0.4, -0.2) is 20.9 Å². The summed E-state index contributed by atoms with van der Waals surface area (Å²) in [4.78, 5) is 25.1. The van der Waals surface area contributed by atoms with Crippen LogP contribution in [0.15, 0.2) is 48.9 Å². The lowest BCUT2D eigenvalue weighted by molar-refractivity contribution is -0.123. The maximum Gasteiger partial charge on any atom is 0.229 e. The van der Waals surface area contributed by atoms with E-state index in [2.05, 4.69) is 20.3 Å². The van der Waals surface area contributed by atoms with Crippen molar-refractivity contribution in [2.24, 2.45) is 5.41 Å². The number of nitrogens with one attached hydrogen (secondary N) is 1. The van der Waals surface area contributed by atoms with E-state index in [-0.39, 0.29) is 16.9 Å². The van der Waals surface area contributed by atoms with Crippen LogP contribution in [0, 0.1) is 11.2 Å². The van der Waals surface area contributed by atoms with Gasteiger partial charge in [0.1, 0.15) is 5.69 Å². The van der Waals surface area contributed by atoms with Crippen molar-refractivity contribution in [1.29, 1.82) is 0 Å². The molecule has 30 heavy (non-hydrogen) atoms. The summed E-state index contributed by atoms with van der Waals surface area (Å²) in [5.74, 6) is -0.636. The molecule has 0 aliphatic heterocycles. The van der Waals surface area contributed by atoms with Crippen molar-refractivity contribution in [3.8, 4) is 21.7 Å². The minimum atomic E-state index is -0.543. The van der Waals surface area contributed by atoms with Crippen LogP contribution in [0.4, 0.5) is 10.1 Å². The van der Waals surface area contributed by atoms with E-state index in [1.54, 1.807) is 12.4 Å². The zero-order valence-electron chi connectivity index (χ0n) is 16.5. The normalized spacial score (nSPS) is 11.6. The molecule has 0 aliphatic rings. The summed E-state index contributed by atoms with van der Waals surface area (Å²) < 4.78 is 15.2. The summed E-state index contributed by atoms with van der Waals surface area (Å²) in [6, 6.07) is 9.57. The van der Waals surface area contributed by atoms with E-state index in [0.29, 0.717) is 10.6 Å². The van der Waals surface area contributed by atoms with Crippen molar-refractivity contribution in [2.75, 3.05) is 5.32 Å². The van der Waals surface area contributed by atoms with E-state index >= 15 is 0 Å². The number of nitrogens with zero attached hydrogens (tertiary/aromatic N) is 3. The SMILES string of the molecule is CC(C)(C)C(=O)Nc1cnccc1-c1cccc2cc(-c3nc(Cl)ncc3F)sc12. The minimum absolute atomic E-state index is 0.00890. The molecule has 0 atom stereocenters. The summed E-state index contributed by atoms with van der Waals surface area (Å²) in [5.41, 5.74) is 1.99. The highest BCUT2D eigenvalue weighted by molar-refractivity contribution is 7.22. The number of aromatic nitrogens is 3. The molecule has 1 N–H and O–H groups in total. The van der Waals surface area contributed by atoms with Gasteiger partial charge in [0.2, 0.25) is 11.2 Å². The second kappa shape index (κ2) is 7.74. The van der Waals surface area contributed by atoms with Crippen molar-refractivity contribution >= 4 is 44.6 Å². The van der Waals surface area contributed by atoms with Gasteiger partial charge in [-0.3, -0.25) is 9.78 Å². The Morgan fingerprint density at radius 1 is 1.17 bits per heavy atom. The number of fused-ring (bicyclic) bond motifs is 1.